The van der Waals surface area contributed by atoms with Crippen LogP contribution in [-0.2, 0) is 4.79 Å². The van der Waals surface area contributed by atoms with Gasteiger partial charge in [0.05, 0.1) is 5.71 Å². The Labute approximate surface area is 202 Å². The Morgan fingerprint density at radius 1 is 0.848 bits per heavy atom. The van der Waals surface area contributed by atoms with Gasteiger partial charge >= 0.3 is 5.97 Å². The van der Waals surface area contributed by atoms with Crippen molar-refractivity contribution in [3.05, 3.63) is 0 Å². The lowest BCUT2D eigenvalue weighted by Crippen LogP contribution is -2.67. The standard InChI is InChI=1S/C29H49NO3/c1-19(30-33)26(5)10-9-20-27(6,21(26)17-23(31)32)14-16-29(8)22-18-24(2,3)11-12-25(22,4)13-15-28(20,29)7/h20-22,33H,9-18H2,1-8H3,(H,31,32)/b30-19+. The zero-order valence-electron chi connectivity index (χ0n) is 22.6. The average Bonchev–Trinajstić information content (AvgIpc) is 2.73. The second-order valence-electron chi connectivity index (χ2n) is 14.8. The molecule has 4 aliphatic carbocycles. The summed E-state index contributed by atoms with van der Waals surface area (Å²) in [6.45, 7) is 19.2. The molecule has 4 rings (SSSR count). The molecular formula is C29H49NO3. The number of carbonyl (C=O) groups is 1. The molecule has 4 nitrogen and oxygen atoms in total. The van der Waals surface area contributed by atoms with E-state index in [1.165, 1.54) is 38.5 Å². The molecule has 8 atom stereocenters. The van der Waals surface area contributed by atoms with Crippen LogP contribution in [0.3, 0.4) is 0 Å². The Bertz CT molecular complexity index is 850. The number of carboxylic acids is 1. The van der Waals surface area contributed by atoms with Gasteiger partial charge in [-0.1, -0.05) is 53.6 Å². The van der Waals surface area contributed by atoms with Crippen LogP contribution in [0.1, 0.15) is 120 Å². The molecule has 0 radical (unpaired) electrons. The van der Waals surface area contributed by atoms with Crippen LogP contribution in [0, 0.1) is 50.2 Å². The molecular weight excluding hydrogens is 410 g/mol. The minimum absolute atomic E-state index is 0.00497. The van der Waals surface area contributed by atoms with Gasteiger partial charge in [-0.2, -0.15) is 0 Å². The number of carboxylic acid groups (broad SMARTS) is 1. The molecule has 0 aromatic carbocycles. The molecule has 33 heavy (non-hydrogen) atoms. The molecule has 0 amide bonds. The largest absolute Gasteiger partial charge is 0.481 e. The number of nitrogens with zero attached hydrogens (tertiary/aromatic N) is 1. The van der Waals surface area contributed by atoms with Crippen molar-refractivity contribution >= 4 is 11.7 Å². The van der Waals surface area contributed by atoms with Crippen LogP contribution < -0.4 is 0 Å². The molecule has 0 heterocycles. The van der Waals surface area contributed by atoms with E-state index in [0.29, 0.717) is 27.9 Å². The third kappa shape index (κ3) is 3.35. The van der Waals surface area contributed by atoms with Crippen LogP contribution in [0.5, 0.6) is 0 Å². The molecule has 0 bridgehead atoms. The smallest absolute Gasteiger partial charge is 0.303 e. The van der Waals surface area contributed by atoms with Gasteiger partial charge in [0.15, 0.2) is 0 Å². The van der Waals surface area contributed by atoms with Crippen molar-refractivity contribution in [3.63, 3.8) is 0 Å². The van der Waals surface area contributed by atoms with Crippen LogP contribution in [0.25, 0.3) is 0 Å². The summed E-state index contributed by atoms with van der Waals surface area (Å²) in [6.07, 6.45) is 11.1. The predicted molar refractivity (Wildman–Crippen MR) is 133 cm³/mol. The van der Waals surface area contributed by atoms with E-state index in [-0.39, 0.29) is 28.6 Å². The number of aliphatic carboxylic acids is 1. The van der Waals surface area contributed by atoms with Crippen LogP contribution in [0.15, 0.2) is 5.16 Å². The highest BCUT2D eigenvalue weighted by molar-refractivity contribution is 5.88. The summed E-state index contributed by atoms with van der Waals surface area (Å²) in [4.78, 5) is 12.1. The van der Waals surface area contributed by atoms with Crippen molar-refractivity contribution in [2.75, 3.05) is 0 Å². The summed E-state index contributed by atoms with van der Waals surface area (Å²) >= 11 is 0. The highest BCUT2D eigenvalue weighted by Crippen LogP contribution is 2.77. The lowest BCUT2D eigenvalue weighted by atomic mass is 9.31. The Kier molecular flexibility index (Phi) is 5.67. The fourth-order valence-electron chi connectivity index (χ4n) is 10.3. The third-order valence-electron chi connectivity index (χ3n) is 12.9. The molecule has 4 fully saturated rings. The molecule has 8 unspecified atom stereocenters. The van der Waals surface area contributed by atoms with Gasteiger partial charge in [0, 0.05) is 11.8 Å². The highest BCUT2D eigenvalue weighted by atomic mass is 16.4. The van der Waals surface area contributed by atoms with E-state index < -0.39 is 5.97 Å². The molecule has 0 spiro atoms. The predicted octanol–water partition coefficient (Wildman–Crippen LogP) is 7.78. The van der Waals surface area contributed by atoms with Crippen molar-refractivity contribution in [1.29, 1.82) is 0 Å². The van der Waals surface area contributed by atoms with Crippen molar-refractivity contribution in [1.82, 2.24) is 0 Å². The van der Waals surface area contributed by atoms with Crippen molar-refractivity contribution in [3.8, 4) is 0 Å². The van der Waals surface area contributed by atoms with Crippen molar-refractivity contribution < 1.29 is 15.1 Å². The van der Waals surface area contributed by atoms with Gasteiger partial charge in [0.25, 0.3) is 0 Å². The summed E-state index contributed by atoms with van der Waals surface area (Å²) in [5.74, 6) is 0.531. The van der Waals surface area contributed by atoms with E-state index in [2.05, 4.69) is 53.6 Å². The molecule has 4 saturated carbocycles. The quantitative estimate of drug-likeness (QED) is 0.257. The van der Waals surface area contributed by atoms with Gasteiger partial charge in [-0.05, 0) is 110 Å². The average molecular weight is 460 g/mol. The second-order valence-corrected chi connectivity index (χ2v) is 14.8. The van der Waals surface area contributed by atoms with Crippen LogP contribution in [0.2, 0.25) is 0 Å². The molecule has 188 valence electrons. The molecule has 4 aliphatic rings. The molecule has 0 aromatic heterocycles. The zero-order chi connectivity index (χ0) is 24.7. The summed E-state index contributed by atoms with van der Waals surface area (Å²) in [5.41, 5.74) is 1.67. The second kappa shape index (κ2) is 7.47. The monoisotopic (exact) mass is 459 g/mol. The fraction of sp³-hybridized carbons (Fsp3) is 0.931. The molecule has 0 aromatic rings. The maximum Gasteiger partial charge on any atom is 0.303 e. The van der Waals surface area contributed by atoms with E-state index in [0.717, 1.165) is 25.2 Å². The van der Waals surface area contributed by atoms with Crippen molar-refractivity contribution in [2.24, 2.45) is 55.4 Å². The maximum absolute atomic E-state index is 12.1. The van der Waals surface area contributed by atoms with E-state index in [1.54, 1.807) is 0 Å². The highest BCUT2D eigenvalue weighted by Gasteiger charge is 2.70. The van der Waals surface area contributed by atoms with E-state index in [4.69, 9.17) is 0 Å². The van der Waals surface area contributed by atoms with Gasteiger partial charge in [-0.25, -0.2) is 0 Å². The minimum Gasteiger partial charge on any atom is -0.481 e. The summed E-state index contributed by atoms with van der Waals surface area (Å²) in [6, 6.07) is 0. The third-order valence-corrected chi connectivity index (χ3v) is 12.9. The molecule has 2 N–H and O–H groups in total. The molecule has 0 saturated heterocycles. The number of hydrogen-bond donors (Lipinski definition) is 2. The zero-order valence-corrected chi connectivity index (χ0v) is 22.6. The number of hydrogen-bond acceptors (Lipinski definition) is 3. The maximum atomic E-state index is 12.1. The Morgan fingerprint density at radius 3 is 2.03 bits per heavy atom. The summed E-state index contributed by atoms with van der Waals surface area (Å²) < 4.78 is 0. The lowest BCUT2D eigenvalue weighted by Gasteiger charge is -2.74. The Morgan fingerprint density at radius 2 is 1.42 bits per heavy atom. The first-order valence-corrected chi connectivity index (χ1v) is 13.5. The summed E-state index contributed by atoms with van der Waals surface area (Å²) in [5, 5.41) is 23.3. The van der Waals surface area contributed by atoms with Gasteiger partial charge in [-0.3, -0.25) is 4.79 Å². The van der Waals surface area contributed by atoms with E-state index >= 15 is 0 Å². The van der Waals surface area contributed by atoms with Gasteiger partial charge in [0.1, 0.15) is 0 Å². The lowest BCUT2D eigenvalue weighted by molar-refractivity contribution is -0.246. The Hall–Kier alpha value is -1.06. The fourth-order valence-corrected chi connectivity index (χ4v) is 10.3. The topological polar surface area (TPSA) is 69.9 Å². The first kappa shape index (κ1) is 25.0. The minimum atomic E-state index is -0.720. The molecule has 4 heteroatoms. The molecule has 0 aliphatic heterocycles. The SMILES string of the molecule is C/C(=N\O)C1(C)CCC2C(C)(CCC3(C)C4CC(C)(C)CCC4(C)CCC23C)C1CC(=O)O. The number of oxime groups is 1. The van der Waals surface area contributed by atoms with Gasteiger partial charge in [-0.15, -0.1) is 0 Å². The van der Waals surface area contributed by atoms with E-state index in [9.17, 15) is 15.1 Å². The Balaban J connectivity index is 1.79. The first-order chi connectivity index (χ1) is 15.1. The van der Waals surface area contributed by atoms with Crippen LogP contribution >= 0.6 is 0 Å². The van der Waals surface area contributed by atoms with Gasteiger partial charge in [0.2, 0.25) is 0 Å². The van der Waals surface area contributed by atoms with Crippen molar-refractivity contribution in [2.45, 2.75) is 120 Å². The van der Waals surface area contributed by atoms with Crippen LogP contribution in [-0.4, -0.2) is 22.0 Å². The summed E-state index contributed by atoms with van der Waals surface area (Å²) in [7, 11) is 0. The number of fused-ring (bicyclic) bond motifs is 5. The van der Waals surface area contributed by atoms with Gasteiger partial charge < -0.3 is 10.3 Å². The normalized spacial score (nSPS) is 51.8. The van der Waals surface area contributed by atoms with E-state index in [1.807, 2.05) is 6.92 Å². The number of rotatable bonds is 3. The first-order valence-electron chi connectivity index (χ1n) is 13.5. The van der Waals surface area contributed by atoms with Crippen LogP contribution in [0.4, 0.5) is 0 Å².